The van der Waals surface area contributed by atoms with Gasteiger partial charge < -0.3 is 0 Å². The number of nitrogens with one attached hydrogen (secondary N) is 1. The minimum atomic E-state index is -3.38. The van der Waals surface area contributed by atoms with Crippen LogP contribution in [0.3, 0.4) is 0 Å². The number of H-pyrrole nitrogens is 1. The van der Waals surface area contributed by atoms with Crippen molar-refractivity contribution in [1.29, 1.82) is 0 Å². The first kappa shape index (κ1) is 11.7. The predicted molar refractivity (Wildman–Crippen MR) is 56.8 cm³/mol. The molecule has 1 N–H and O–H groups in total. The van der Waals surface area contributed by atoms with Crippen molar-refractivity contribution in [2.75, 3.05) is 13.6 Å². The highest BCUT2D eigenvalue weighted by atomic mass is 79.9. The molecular weight excluding hydrogens is 270 g/mol. The summed E-state index contributed by atoms with van der Waals surface area (Å²) in [6, 6.07) is 0. The van der Waals surface area contributed by atoms with E-state index in [2.05, 4.69) is 26.1 Å². The van der Waals surface area contributed by atoms with Crippen molar-refractivity contribution >= 4 is 26.0 Å². The molecular formula is C7H12BrN3O2S. The molecule has 0 fully saturated rings. The van der Waals surface area contributed by atoms with Gasteiger partial charge in [-0.1, -0.05) is 22.9 Å². The number of halogens is 1. The first-order valence-corrected chi connectivity index (χ1v) is 6.39. The number of hydrogen-bond acceptors (Lipinski definition) is 3. The Kier molecular flexibility index (Phi) is 3.68. The van der Waals surface area contributed by atoms with Crippen LogP contribution >= 0.6 is 15.9 Å². The zero-order chi connectivity index (χ0) is 10.8. The second-order valence-electron chi connectivity index (χ2n) is 3.00. The summed E-state index contributed by atoms with van der Waals surface area (Å²) >= 11 is 3.30. The maximum absolute atomic E-state index is 11.8. The number of sulfonamides is 1. The Hall–Kier alpha value is -0.400. The summed E-state index contributed by atoms with van der Waals surface area (Å²) in [6.07, 6.45) is 2.66. The molecule has 0 radical (unpaired) electrons. The third kappa shape index (κ3) is 2.55. The molecule has 0 amide bonds. The third-order valence-electron chi connectivity index (χ3n) is 1.69. The summed E-state index contributed by atoms with van der Waals surface area (Å²) in [5.74, 6) is 0. The third-order valence-corrected chi connectivity index (χ3v) is 3.77. The Morgan fingerprint density at radius 3 is 2.79 bits per heavy atom. The number of aromatic nitrogens is 2. The van der Waals surface area contributed by atoms with Gasteiger partial charge in [0.25, 0.3) is 0 Å². The minimum Gasteiger partial charge on any atom is -0.284 e. The smallest absolute Gasteiger partial charge is 0.245 e. The van der Waals surface area contributed by atoms with Crippen LogP contribution in [0, 0.1) is 0 Å². The van der Waals surface area contributed by atoms with Gasteiger partial charge in [0.05, 0.1) is 6.20 Å². The van der Waals surface area contributed by atoms with Gasteiger partial charge in [-0.25, -0.2) is 8.42 Å². The van der Waals surface area contributed by atoms with Crippen molar-refractivity contribution in [3.8, 4) is 0 Å². The first-order chi connectivity index (χ1) is 6.44. The fraction of sp³-hybridized carbons (Fsp3) is 0.571. The Bertz CT molecular complexity index is 374. The van der Waals surface area contributed by atoms with Crippen molar-refractivity contribution in [3.05, 3.63) is 12.4 Å². The lowest BCUT2D eigenvalue weighted by atomic mass is 10.5. The van der Waals surface area contributed by atoms with Crippen molar-refractivity contribution in [2.24, 2.45) is 0 Å². The van der Waals surface area contributed by atoms with E-state index in [4.69, 9.17) is 0 Å². The van der Waals surface area contributed by atoms with Gasteiger partial charge in [0.15, 0.2) is 0 Å². The van der Waals surface area contributed by atoms with E-state index < -0.39 is 10.0 Å². The highest BCUT2D eigenvalue weighted by Gasteiger charge is 2.22. The average molecular weight is 282 g/mol. The van der Waals surface area contributed by atoms with Crippen LogP contribution in [0.2, 0.25) is 0 Å². The number of hydrogen-bond donors (Lipinski definition) is 1. The Morgan fingerprint density at radius 1 is 1.71 bits per heavy atom. The summed E-state index contributed by atoms with van der Waals surface area (Å²) in [4.78, 5) is 0.308. The quantitative estimate of drug-likeness (QED) is 0.831. The molecule has 0 aliphatic carbocycles. The average Bonchev–Trinajstić information content (AvgIpc) is 2.54. The van der Waals surface area contributed by atoms with Crippen LogP contribution in [0.4, 0.5) is 0 Å². The molecule has 0 aromatic carbocycles. The highest BCUT2D eigenvalue weighted by molar-refractivity contribution is 9.09. The normalized spacial score (nSPS) is 14.6. The zero-order valence-electron chi connectivity index (χ0n) is 7.94. The molecule has 1 rings (SSSR count). The molecule has 1 heterocycles. The van der Waals surface area contributed by atoms with Gasteiger partial charge in [-0.2, -0.15) is 9.40 Å². The molecule has 5 nitrogen and oxygen atoms in total. The second-order valence-corrected chi connectivity index (χ2v) is 6.61. The highest BCUT2D eigenvalue weighted by Crippen LogP contribution is 2.13. The zero-order valence-corrected chi connectivity index (χ0v) is 10.3. The van der Waals surface area contributed by atoms with Crippen molar-refractivity contribution in [2.45, 2.75) is 16.6 Å². The van der Waals surface area contributed by atoms with Crippen LogP contribution in [0.1, 0.15) is 6.92 Å². The number of alkyl halides is 1. The van der Waals surface area contributed by atoms with Crippen molar-refractivity contribution in [1.82, 2.24) is 14.5 Å². The molecule has 1 atom stereocenters. The molecule has 80 valence electrons. The molecule has 0 aliphatic heterocycles. The number of nitrogens with zero attached hydrogens (tertiary/aromatic N) is 2. The molecule has 0 spiro atoms. The molecule has 7 heteroatoms. The van der Waals surface area contributed by atoms with Crippen LogP contribution in [0.15, 0.2) is 17.3 Å². The fourth-order valence-corrected chi connectivity index (χ4v) is 2.81. The van der Waals surface area contributed by atoms with Gasteiger partial charge in [-0.15, -0.1) is 0 Å². The largest absolute Gasteiger partial charge is 0.284 e. The van der Waals surface area contributed by atoms with Gasteiger partial charge in [-0.05, 0) is 0 Å². The summed E-state index contributed by atoms with van der Waals surface area (Å²) in [5.41, 5.74) is 0. The maximum atomic E-state index is 11.8. The van der Waals surface area contributed by atoms with E-state index in [1.807, 2.05) is 6.92 Å². The first-order valence-electron chi connectivity index (χ1n) is 4.04. The van der Waals surface area contributed by atoms with Gasteiger partial charge in [-0.3, -0.25) is 5.10 Å². The van der Waals surface area contributed by atoms with Crippen LogP contribution in [-0.2, 0) is 10.0 Å². The number of rotatable bonds is 4. The van der Waals surface area contributed by atoms with Crippen LogP contribution in [0.25, 0.3) is 0 Å². The molecule has 1 aromatic rings. The van der Waals surface area contributed by atoms with Crippen molar-refractivity contribution in [3.63, 3.8) is 0 Å². The van der Waals surface area contributed by atoms with Crippen LogP contribution < -0.4 is 0 Å². The van der Waals surface area contributed by atoms with Gasteiger partial charge >= 0.3 is 0 Å². The minimum absolute atomic E-state index is 0.120. The Morgan fingerprint density at radius 2 is 2.36 bits per heavy atom. The lowest BCUT2D eigenvalue weighted by Gasteiger charge is -2.16. The molecule has 0 saturated carbocycles. The van der Waals surface area contributed by atoms with E-state index in [0.717, 1.165) is 0 Å². The summed E-state index contributed by atoms with van der Waals surface area (Å²) in [7, 11) is -1.84. The van der Waals surface area contributed by atoms with Crippen LogP contribution in [0.5, 0.6) is 0 Å². The molecule has 14 heavy (non-hydrogen) atoms. The lowest BCUT2D eigenvalue weighted by molar-refractivity contribution is 0.473. The summed E-state index contributed by atoms with van der Waals surface area (Å²) < 4.78 is 24.8. The fourth-order valence-electron chi connectivity index (χ4n) is 1.01. The standard InChI is InChI=1S/C7H12BrN3O2S/c1-6(8)5-11(2)14(12,13)7-3-9-10-4-7/h3-4,6H,5H2,1-2H3,(H,9,10). The van der Waals surface area contributed by atoms with E-state index in [9.17, 15) is 8.42 Å². The number of aromatic amines is 1. The van der Waals surface area contributed by atoms with E-state index >= 15 is 0 Å². The summed E-state index contributed by atoms with van der Waals surface area (Å²) in [6.45, 7) is 2.31. The van der Waals surface area contributed by atoms with Crippen molar-refractivity contribution < 1.29 is 8.42 Å². The molecule has 0 bridgehead atoms. The van der Waals surface area contributed by atoms with E-state index in [0.29, 0.717) is 6.54 Å². The van der Waals surface area contributed by atoms with E-state index in [1.54, 1.807) is 7.05 Å². The predicted octanol–water partition coefficient (Wildman–Crippen LogP) is 0.814. The molecule has 1 unspecified atom stereocenters. The Balaban J connectivity index is 2.86. The molecule has 0 saturated heterocycles. The van der Waals surface area contributed by atoms with Gasteiger partial charge in [0.2, 0.25) is 10.0 Å². The van der Waals surface area contributed by atoms with Crippen LogP contribution in [-0.4, -0.2) is 41.3 Å². The monoisotopic (exact) mass is 281 g/mol. The lowest BCUT2D eigenvalue weighted by Crippen LogP contribution is -2.31. The maximum Gasteiger partial charge on any atom is 0.245 e. The Labute approximate surface area is 91.7 Å². The molecule has 1 aromatic heterocycles. The van der Waals surface area contributed by atoms with E-state index in [-0.39, 0.29) is 9.72 Å². The topological polar surface area (TPSA) is 66.1 Å². The SMILES string of the molecule is CC(Br)CN(C)S(=O)(=O)c1cn[nH]c1. The van der Waals surface area contributed by atoms with Gasteiger partial charge in [0.1, 0.15) is 4.90 Å². The molecule has 0 aliphatic rings. The van der Waals surface area contributed by atoms with Gasteiger partial charge in [0, 0.05) is 24.6 Å². The summed E-state index contributed by atoms with van der Waals surface area (Å²) in [5, 5.41) is 6.08. The van der Waals surface area contributed by atoms with E-state index in [1.165, 1.54) is 16.7 Å². The second kappa shape index (κ2) is 4.41.